The van der Waals surface area contributed by atoms with Crippen LogP contribution in [0, 0.1) is 12.8 Å². The minimum Gasteiger partial charge on any atom is -0.340 e. The van der Waals surface area contributed by atoms with E-state index in [4.69, 9.17) is 0 Å². The summed E-state index contributed by atoms with van der Waals surface area (Å²) in [6.45, 7) is 13.3. The van der Waals surface area contributed by atoms with Gasteiger partial charge >= 0.3 is 0 Å². The number of benzene rings is 1. The van der Waals surface area contributed by atoms with E-state index in [1.165, 1.54) is 0 Å². The third-order valence-electron chi connectivity index (χ3n) is 5.21. The van der Waals surface area contributed by atoms with E-state index in [1.54, 1.807) is 24.3 Å². The van der Waals surface area contributed by atoms with E-state index in [9.17, 15) is 13.2 Å². The van der Waals surface area contributed by atoms with Gasteiger partial charge in [0.2, 0.25) is 15.9 Å². The fourth-order valence-electron chi connectivity index (χ4n) is 3.54. The molecule has 1 atom stereocenters. The summed E-state index contributed by atoms with van der Waals surface area (Å²) >= 11 is 0. The van der Waals surface area contributed by atoms with Crippen molar-refractivity contribution in [1.29, 1.82) is 0 Å². The predicted molar refractivity (Wildman–Crippen MR) is 113 cm³/mol. The molecule has 7 heteroatoms. The Labute approximate surface area is 170 Å². The Kier molecular flexibility index (Phi) is 8.04. The van der Waals surface area contributed by atoms with Gasteiger partial charge in [0.05, 0.1) is 4.90 Å². The minimum atomic E-state index is -3.75. The fraction of sp³-hybridized carbons (Fsp3) is 0.667. The van der Waals surface area contributed by atoms with Crippen molar-refractivity contribution < 1.29 is 13.2 Å². The van der Waals surface area contributed by atoms with Gasteiger partial charge in [0.25, 0.3) is 0 Å². The monoisotopic (exact) mass is 409 g/mol. The lowest BCUT2D eigenvalue weighted by molar-refractivity contribution is -0.133. The highest BCUT2D eigenvalue weighted by Gasteiger charge is 2.31. The van der Waals surface area contributed by atoms with Gasteiger partial charge in [-0.2, -0.15) is 4.72 Å². The van der Waals surface area contributed by atoms with E-state index in [-0.39, 0.29) is 16.7 Å². The topological polar surface area (TPSA) is 69.7 Å². The highest BCUT2D eigenvalue weighted by atomic mass is 32.2. The Bertz CT molecular complexity index is 745. The van der Waals surface area contributed by atoms with E-state index in [0.717, 1.165) is 25.1 Å². The van der Waals surface area contributed by atoms with Crippen LogP contribution >= 0.6 is 0 Å². The average molecular weight is 410 g/mol. The van der Waals surface area contributed by atoms with Crippen LogP contribution in [0.1, 0.15) is 46.1 Å². The van der Waals surface area contributed by atoms with Crippen LogP contribution in [-0.4, -0.2) is 62.4 Å². The van der Waals surface area contributed by atoms with Crippen molar-refractivity contribution in [3.05, 3.63) is 29.8 Å². The van der Waals surface area contributed by atoms with Gasteiger partial charge < -0.3 is 4.90 Å². The number of sulfonamides is 1. The number of carbonyl (C=O) groups is 1. The van der Waals surface area contributed by atoms with Crippen molar-refractivity contribution in [3.8, 4) is 0 Å². The molecule has 0 saturated carbocycles. The Hall–Kier alpha value is -1.44. The first kappa shape index (κ1) is 22.8. The second-order valence-corrected chi connectivity index (χ2v) is 10.1. The maximum atomic E-state index is 13.2. The zero-order valence-corrected chi connectivity index (χ0v) is 18.6. The number of amides is 1. The molecule has 28 heavy (non-hydrogen) atoms. The zero-order chi connectivity index (χ0) is 20.9. The molecule has 1 saturated heterocycles. The van der Waals surface area contributed by atoms with E-state index in [0.29, 0.717) is 25.6 Å². The molecule has 6 nitrogen and oxygen atoms in total. The molecule has 2 rings (SSSR count). The van der Waals surface area contributed by atoms with Gasteiger partial charge in [-0.15, -0.1) is 0 Å². The number of aryl methyl sites for hydroxylation is 1. The Morgan fingerprint density at radius 2 is 1.68 bits per heavy atom. The number of hydrogen-bond donors (Lipinski definition) is 1. The third kappa shape index (κ3) is 6.29. The van der Waals surface area contributed by atoms with Crippen LogP contribution in [0.2, 0.25) is 0 Å². The number of rotatable bonds is 7. The number of hydrogen-bond acceptors (Lipinski definition) is 4. The number of carbonyl (C=O) groups excluding carboxylic acids is 1. The van der Waals surface area contributed by atoms with Crippen LogP contribution in [0.25, 0.3) is 0 Å². The van der Waals surface area contributed by atoms with Crippen LogP contribution in [0.3, 0.4) is 0 Å². The van der Waals surface area contributed by atoms with Gasteiger partial charge in [0, 0.05) is 32.2 Å². The molecule has 1 aliphatic rings. The van der Waals surface area contributed by atoms with Gasteiger partial charge in [-0.1, -0.05) is 31.5 Å². The molecular weight excluding hydrogens is 374 g/mol. The lowest BCUT2D eigenvalue weighted by Crippen LogP contribution is -2.50. The van der Waals surface area contributed by atoms with Crippen molar-refractivity contribution in [3.63, 3.8) is 0 Å². The standard InChI is InChI=1S/C21H35N3O3S/c1-16(2)15-20(22-28(26,27)19-9-7-18(5)8-10-19)21(25)24-12-6-11-23(13-14-24)17(3)4/h7-10,16-17,20,22H,6,11-15H2,1-5H3. The van der Waals surface area contributed by atoms with Crippen molar-refractivity contribution >= 4 is 15.9 Å². The molecule has 0 radical (unpaired) electrons. The summed E-state index contributed by atoms with van der Waals surface area (Å²) in [4.78, 5) is 17.6. The zero-order valence-electron chi connectivity index (χ0n) is 17.8. The lowest BCUT2D eigenvalue weighted by atomic mass is 10.0. The molecule has 158 valence electrons. The first-order valence-corrected chi connectivity index (χ1v) is 11.7. The second-order valence-electron chi connectivity index (χ2n) is 8.43. The smallest absolute Gasteiger partial charge is 0.241 e. The van der Waals surface area contributed by atoms with E-state index in [2.05, 4.69) is 23.5 Å². The molecule has 0 spiro atoms. The fourth-order valence-corrected chi connectivity index (χ4v) is 4.74. The highest BCUT2D eigenvalue weighted by molar-refractivity contribution is 7.89. The first-order valence-electron chi connectivity index (χ1n) is 10.2. The molecule has 0 aromatic heterocycles. The Balaban J connectivity index is 2.16. The van der Waals surface area contributed by atoms with Gasteiger partial charge in [-0.05, 0) is 51.7 Å². The molecule has 1 amide bonds. The largest absolute Gasteiger partial charge is 0.340 e. The average Bonchev–Trinajstić information content (AvgIpc) is 2.86. The van der Waals surface area contributed by atoms with Crippen LogP contribution in [0.4, 0.5) is 0 Å². The summed E-state index contributed by atoms with van der Waals surface area (Å²) in [5.74, 6) is 0.0869. The van der Waals surface area contributed by atoms with Crippen molar-refractivity contribution in [2.45, 2.75) is 64.4 Å². The highest BCUT2D eigenvalue weighted by Crippen LogP contribution is 2.16. The maximum Gasteiger partial charge on any atom is 0.241 e. The third-order valence-corrected chi connectivity index (χ3v) is 6.69. The summed E-state index contributed by atoms with van der Waals surface area (Å²) < 4.78 is 28.4. The summed E-state index contributed by atoms with van der Waals surface area (Å²) in [6, 6.07) is 6.41. The molecule has 1 fully saturated rings. The van der Waals surface area contributed by atoms with Crippen LogP contribution in [-0.2, 0) is 14.8 Å². The van der Waals surface area contributed by atoms with Crippen molar-refractivity contribution in [2.75, 3.05) is 26.2 Å². The molecule has 1 N–H and O–H groups in total. The summed E-state index contributed by atoms with van der Waals surface area (Å²) in [5.41, 5.74) is 0.994. The van der Waals surface area contributed by atoms with E-state index < -0.39 is 16.1 Å². The molecule has 0 aliphatic carbocycles. The molecule has 1 unspecified atom stereocenters. The van der Waals surface area contributed by atoms with Crippen molar-refractivity contribution in [2.24, 2.45) is 5.92 Å². The minimum absolute atomic E-state index is 0.116. The predicted octanol–water partition coefficient (Wildman–Crippen LogP) is 2.63. The number of nitrogens with zero attached hydrogens (tertiary/aromatic N) is 2. The van der Waals surface area contributed by atoms with Crippen LogP contribution in [0.15, 0.2) is 29.2 Å². The molecule has 1 heterocycles. The first-order chi connectivity index (χ1) is 13.1. The summed E-state index contributed by atoms with van der Waals surface area (Å²) in [6.07, 6.45) is 1.39. The van der Waals surface area contributed by atoms with Crippen LogP contribution < -0.4 is 4.72 Å². The van der Waals surface area contributed by atoms with Gasteiger partial charge in [0.1, 0.15) is 6.04 Å². The van der Waals surface area contributed by atoms with E-state index in [1.807, 2.05) is 25.7 Å². The Morgan fingerprint density at radius 1 is 1.04 bits per heavy atom. The molecular formula is C21H35N3O3S. The quantitative estimate of drug-likeness (QED) is 0.752. The van der Waals surface area contributed by atoms with Gasteiger partial charge in [0.15, 0.2) is 0 Å². The maximum absolute atomic E-state index is 13.2. The SMILES string of the molecule is Cc1ccc(S(=O)(=O)NC(CC(C)C)C(=O)N2CCCN(C(C)C)CC2)cc1. The van der Waals surface area contributed by atoms with E-state index >= 15 is 0 Å². The second kappa shape index (κ2) is 9.85. The van der Waals surface area contributed by atoms with Crippen molar-refractivity contribution in [1.82, 2.24) is 14.5 Å². The number of nitrogens with one attached hydrogen (secondary N) is 1. The normalized spacial score (nSPS) is 17.8. The molecule has 1 aromatic rings. The van der Waals surface area contributed by atoms with Crippen LogP contribution in [0.5, 0.6) is 0 Å². The Morgan fingerprint density at radius 3 is 2.25 bits per heavy atom. The summed E-state index contributed by atoms with van der Waals surface area (Å²) in [5, 5.41) is 0. The summed E-state index contributed by atoms with van der Waals surface area (Å²) in [7, 11) is -3.75. The molecule has 0 bridgehead atoms. The van der Waals surface area contributed by atoms with Gasteiger partial charge in [-0.25, -0.2) is 8.42 Å². The lowest BCUT2D eigenvalue weighted by Gasteiger charge is -2.28. The van der Waals surface area contributed by atoms with Gasteiger partial charge in [-0.3, -0.25) is 9.69 Å². The molecule has 1 aliphatic heterocycles. The molecule has 1 aromatic carbocycles.